The molecule has 1 rings (SSSR count). The molecule has 1 aliphatic carbocycles. The maximum Gasteiger partial charge on any atom is 0.188 e. The second-order valence-corrected chi connectivity index (χ2v) is 5.26. The summed E-state index contributed by atoms with van der Waals surface area (Å²) in [5.41, 5.74) is 6.35. The minimum atomic E-state index is 0.423. The van der Waals surface area contributed by atoms with Gasteiger partial charge in [0, 0.05) is 12.6 Å². The lowest BCUT2D eigenvalue weighted by molar-refractivity contribution is 0.130. The van der Waals surface area contributed by atoms with E-state index in [1.165, 1.54) is 32.1 Å². The third-order valence-electron chi connectivity index (χ3n) is 3.79. The summed E-state index contributed by atoms with van der Waals surface area (Å²) in [5.74, 6) is 0.622. The van der Waals surface area contributed by atoms with E-state index in [1.807, 2.05) is 0 Å². The standard InChI is InChI=1S/C13H27N3/c1-4-7-13(8-6-9-13)10-15-12(14)16-11(3)5-2/h11H,4-10H2,1-3H3,(H3,14,15,16). The molecule has 1 aliphatic rings. The van der Waals surface area contributed by atoms with Crippen molar-refractivity contribution < 1.29 is 0 Å². The molecule has 0 aromatic carbocycles. The van der Waals surface area contributed by atoms with Crippen LogP contribution < -0.4 is 11.1 Å². The van der Waals surface area contributed by atoms with E-state index in [0.29, 0.717) is 17.4 Å². The van der Waals surface area contributed by atoms with Crippen molar-refractivity contribution in [1.82, 2.24) is 5.32 Å². The third kappa shape index (κ3) is 3.69. The fraction of sp³-hybridized carbons (Fsp3) is 0.923. The Morgan fingerprint density at radius 2 is 2.12 bits per heavy atom. The molecule has 0 radical (unpaired) electrons. The molecule has 0 saturated heterocycles. The van der Waals surface area contributed by atoms with Gasteiger partial charge in [0.2, 0.25) is 0 Å². The van der Waals surface area contributed by atoms with Gasteiger partial charge in [0.1, 0.15) is 0 Å². The van der Waals surface area contributed by atoms with Gasteiger partial charge in [-0.05, 0) is 38.0 Å². The van der Waals surface area contributed by atoms with Crippen molar-refractivity contribution in [2.24, 2.45) is 16.1 Å². The van der Waals surface area contributed by atoms with Crippen molar-refractivity contribution in [1.29, 1.82) is 0 Å². The van der Waals surface area contributed by atoms with Crippen molar-refractivity contribution >= 4 is 5.96 Å². The lowest BCUT2D eigenvalue weighted by atomic mass is 9.66. The zero-order valence-corrected chi connectivity index (χ0v) is 11.1. The predicted molar refractivity (Wildman–Crippen MR) is 70.6 cm³/mol. The van der Waals surface area contributed by atoms with Crippen molar-refractivity contribution in [3.63, 3.8) is 0 Å². The Bertz CT molecular complexity index is 231. The summed E-state index contributed by atoms with van der Waals surface area (Å²) in [7, 11) is 0. The van der Waals surface area contributed by atoms with Gasteiger partial charge in [0.15, 0.2) is 5.96 Å². The van der Waals surface area contributed by atoms with Crippen LogP contribution >= 0.6 is 0 Å². The van der Waals surface area contributed by atoms with Crippen LogP contribution in [0.15, 0.2) is 4.99 Å². The van der Waals surface area contributed by atoms with Crippen LogP contribution in [0, 0.1) is 5.41 Å². The Morgan fingerprint density at radius 1 is 1.44 bits per heavy atom. The molecule has 16 heavy (non-hydrogen) atoms. The van der Waals surface area contributed by atoms with E-state index in [2.05, 4.69) is 31.1 Å². The molecule has 3 heteroatoms. The van der Waals surface area contributed by atoms with Gasteiger partial charge in [0.05, 0.1) is 0 Å². The molecule has 1 saturated carbocycles. The van der Waals surface area contributed by atoms with E-state index in [0.717, 1.165) is 13.0 Å². The fourth-order valence-electron chi connectivity index (χ4n) is 2.35. The first kappa shape index (κ1) is 13.3. The Labute approximate surface area is 99.9 Å². The average molecular weight is 225 g/mol. The first-order valence-electron chi connectivity index (χ1n) is 6.68. The van der Waals surface area contributed by atoms with Crippen LogP contribution in [0.2, 0.25) is 0 Å². The van der Waals surface area contributed by atoms with Crippen LogP contribution in [0.1, 0.15) is 59.3 Å². The summed E-state index contributed by atoms with van der Waals surface area (Å²) in [4.78, 5) is 4.51. The van der Waals surface area contributed by atoms with Crippen molar-refractivity contribution in [2.45, 2.75) is 65.3 Å². The second-order valence-electron chi connectivity index (χ2n) is 5.26. The summed E-state index contributed by atoms with van der Waals surface area (Å²) in [6, 6.07) is 0.423. The van der Waals surface area contributed by atoms with E-state index >= 15 is 0 Å². The Kier molecular flexibility index (Phi) is 5.10. The van der Waals surface area contributed by atoms with Crippen LogP contribution in [0.25, 0.3) is 0 Å². The topological polar surface area (TPSA) is 50.4 Å². The molecule has 0 spiro atoms. The lowest BCUT2D eigenvalue weighted by Gasteiger charge is -2.40. The highest BCUT2D eigenvalue weighted by atomic mass is 15.1. The van der Waals surface area contributed by atoms with Crippen LogP contribution in [0.3, 0.4) is 0 Å². The Hall–Kier alpha value is -0.730. The predicted octanol–water partition coefficient (Wildman–Crippen LogP) is 2.66. The molecule has 0 bridgehead atoms. The summed E-state index contributed by atoms with van der Waals surface area (Å²) >= 11 is 0. The van der Waals surface area contributed by atoms with Gasteiger partial charge in [0.25, 0.3) is 0 Å². The number of guanidine groups is 1. The zero-order valence-electron chi connectivity index (χ0n) is 11.1. The molecule has 3 N–H and O–H groups in total. The number of hydrogen-bond donors (Lipinski definition) is 2. The van der Waals surface area contributed by atoms with Gasteiger partial charge in [-0.1, -0.05) is 26.7 Å². The quantitative estimate of drug-likeness (QED) is 0.539. The van der Waals surface area contributed by atoms with Gasteiger partial charge in [-0.2, -0.15) is 0 Å². The maximum atomic E-state index is 5.87. The fourth-order valence-corrected chi connectivity index (χ4v) is 2.35. The number of hydrogen-bond acceptors (Lipinski definition) is 1. The van der Waals surface area contributed by atoms with E-state index in [-0.39, 0.29) is 0 Å². The van der Waals surface area contributed by atoms with Crippen LogP contribution in [0.4, 0.5) is 0 Å². The van der Waals surface area contributed by atoms with Crippen molar-refractivity contribution in [3.8, 4) is 0 Å². The monoisotopic (exact) mass is 225 g/mol. The number of rotatable bonds is 6. The van der Waals surface area contributed by atoms with Gasteiger partial charge in [-0.15, -0.1) is 0 Å². The number of nitrogens with one attached hydrogen (secondary N) is 1. The summed E-state index contributed by atoms with van der Waals surface area (Å²) in [6.07, 6.45) is 7.67. The highest BCUT2D eigenvalue weighted by molar-refractivity contribution is 5.78. The third-order valence-corrected chi connectivity index (χ3v) is 3.79. The maximum absolute atomic E-state index is 5.87. The van der Waals surface area contributed by atoms with Crippen molar-refractivity contribution in [3.05, 3.63) is 0 Å². The zero-order chi connectivity index (χ0) is 12.0. The largest absolute Gasteiger partial charge is 0.370 e. The van der Waals surface area contributed by atoms with E-state index in [9.17, 15) is 0 Å². The van der Waals surface area contributed by atoms with Gasteiger partial charge >= 0.3 is 0 Å². The van der Waals surface area contributed by atoms with Crippen LogP contribution in [0.5, 0.6) is 0 Å². The number of aliphatic imine (C=N–C) groups is 1. The van der Waals surface area contributed by atoms with E-state index in [1.54, 1.807) is 0 Å². The lowest BCUT2D eigenvalue weighted by Crippen LogP contribution is -2.40. The van der Waals surface area contributed by atoms with E-state index in [4.69, 9.17) is 5.73 Å². The van der Waals surface area contributed by atoms with Crippen LogP contribution in [-0.4, -0.2) is 18.5 Å². The van der Waals surface area contributed by atoms with Gasteiger partial charge in [-0.25, -0.2) is 0 Å². The molecule has 94 valence electrons. The highest BCUT2D eigenvalue weighted by Gasteiger charge is 2.35. The molecule has 0 amide bonds. The highest BCUT2D eigenvalue weighted by Crippen LogP contribution is 2.44. The molecule has 1 unspecified atom stereocenters. The molecular weight excluding hydrogens is 198 g/mol. The molecule has 3 nitrogen and oxygen atoms in total. The molecule has 0 aromatic heterocycles. The first-order valence-corrected chi connectivity index (χ1v) is 6.68. The summed E-state index contributed by atoms with van der Waals surface area (Å²) in [6.45, 7) is 7.45. The minimum absolute atomic E-state index is 0.423. The molecule has 0 aromatic rings. The molecule has 1 atom stereocenters. The molecule has 0 heterocycles. The Morgan fingerprint density at radius 3 is 2.56 bits per heavy atom. The first-order chi connectivity index (χ1) is 7.62. The molecular formula is C13H27N3. The van der Waals surface area contributed by atoms with Gasteiger partial charge in [-0.3, -0.25) is 4.99 Å². The smallest absolute Gasteiger partial charge is 0.188 e. The number of nitrogens with zero attached hydrogens (tertiary/aromatic N) is 1. The van der Waals surface area contributed by atoms with Gasteiger partial charge < -0.3 is 11.1 Å². The Balaban J connectivity index is 2.38. The van der Waals surface area contributed by atoms with E-state index < -0.39 is 0 Å². The molecule has 0 aliphatic heterocycles. The minimum Gasteiger partial charge on any atom is -0.370 e. The summed E-state index contributed by atoms with van der Waals surface area (Å²) in [5, 5.41) is 3.22. The molecule has 1 fully saturated rings. The van der Waals surface area contributed by atoms with Crippen molar-refractivity contribution in [2.75, 3.05) is 6.54 Å². The van der Waals surface area contributed by atoms with Crippen LogP contribution in [-0.2, 0) is 0 Å². The normalized spacial score (nSPS) is 21.3. The number of nitrogens with two attached hydrogens (primary N) is 1. The summed E-state index contributed by atoms with van der Waals surface area (Å²) < 4.78 is 0. The second kappa shape index (κ2) is 6.12. The average Bonchev–Trinajstić information content (AvgIpc) is 2.21. The SMILES string of the molecule is CCCC1(CN=C(N)NC(C)CC)CCC1.